The molecule has 0 saturated heterocycles. The number of fused-ring (bicyclic) bond motifs is 1. The van der Waals surface area contributed by atoms with Crippen molar-refractivity contribution in [2.24, 2.45) is 0 Å². The van der Waals surface area contributed by atoms with Gasteiger partial charge in [-0.2, -0.15) is 5.26 Å². The molecule has 19 heavy (non-hydrogen) atoms. The van der Waals surface area contributed by atoms with Crippen molar-refractivity contribution in [3.8, 4) is 6.07 Å². The van der Waals surface area contributed by atoms with E-state index in [1.165, 1.54) is 0 Å². The first-order chi connectivity index (χ1) is 9.11. The Morgan fingerprint density at radius 1 is 1.32 bits per heavy atom. The molecule has 6 heteroatoms. The summed E-state index contributed by atoms with van der Waals surface area (Å²) in [6, 6.07) is 8.94. The maximum atomic E-state index is 10.4. The van der Waals surface area contributed by atoms with Gasteiger partial charge in [0.05, 0.1) is 11.0 Å². The number of aromatic amines is 1. The van der Waals surface area contributed by atoms with Gasteiger partial charge in [0, 0.05) is 6.08 Å². The molecular formula is C13H9N3O3. The van der Waals surface area contributed by atoms with Crippen LogP contribution in [0.15, 0.2) is 42.2 Å². The van der Waals surface area contributed by atoms with Crippen molar-refractivity contribution < 1.29 is 15.0 Å². The van der Waals surface area contributed by atoms with Crippen LogP contribution in [-0.4, -0.2) is 26.2 Å². The monoisotopic (exact) mass is 255 g/mol. The van der Waals surface area contributed by atoms with Crippen LogP contribution in [0.2, 0.25) is 0 Å². The molecule has 2 aromatic rings. The number of carboxylic acids is 1. The Kier molecular flexibility index (Phi) is 3.30. The second-order valence-electron chi connectivity index (χ2n) is 3.65. The Hall–Kier alpha value is -3.07. The molecule has 0 unspecified atom stereocenters. The predicted molar refractivity (Wildman–Crippen MR) is 68.0 cm³/mol. The van der Waals surface area contributed by atoms with Gasteiger partial charge >= 0.3 is 5.97 Å². The molecule has 0 atom stereocenters. The lowest BCUT2D eigenvalue weighted by atomic mass is 10.2. The number of H-pyrrole nitrogens is 1. The highest BCUT2D eigenvalue weighted by molar-refractivity contribution is 5.85. The number of carbonyl (C=O) groups is 1. The number of rotatable bonds is 3. The van der Waals surface area contributed by atoms with Crippen LogP contribution < -0.4 is 0 Å². The van der Waals surface area contributed by atoms with E-state index in [1.807, 2.05) is 6.07 Å². The molecule has 0 aliphatic rings. The molecule has 0 saturated carbocycles. The van der Waals surface area contributed by atoms with Gasteiger partial charge in [-0.25, -0.2) is 9.78 Å². The lowest BCUT2D eigenvalue weighted by Crippen LogP contribution is -1.92. The van der Waals surface area contributed by atoms with Crippen molar-refractivity contribution in [2.45, 2.75) is 0 Å². The number of imidazole rings is 1. The van der Waals surface area contributed by atoms with Gasteiger partial charge in [0.15, 0.2) is 5.82 Å². The zero-order chi connectivity index (χ0) is 13.8. The van der Waals surface area contributed by atoms with Crippen molar-refractivity contribution in [2.75, 3.05) is 0 Å². The van der Waals surface area contributed by atoms with Crippen LogP contribution >= 0.6 is 0 Å². The molecule has 2 rings (SSSR count). The fourth-order valence-electron chi connectivity index (χ4n) is 1.54. The number of aliphatic carboxylic acids is 1. The average molecular weight is 255 g/mol. The van der Waals surface area contributed by atoms with Crippen LogP contribution in [0.1, 0.15) is 5.82 Å². The van der Waals surface area contributed by atoms with Gasteiger partial charge in [-0.1, -0.05) is 12.1 Å². The zero-order valence-corrected chi connectivity index (χ0v) is 9.66. The van der Waals surface area contributed by atoms with Crippen molar-refractivity contribution in [3.63, 3.8) is 0 Å². The Morgan fingerprint density at radius 2 is 2.05 bits per heavy atom. The molecule has 1 aromatic heterocycles. The summed E-state index contributed by atoms with van der Waals surface area (Å²) in [4.78, 5) is 17.4. The molecule has 0 radical (unpaired) electrons. The maximum Gasteiger partial charge on any atom is 0.328 e. The van der Waals surface area contributed by atoms with Crippen LogP contribution in [-0.2, 0) is 4.79 Å². The lowest BCUT2D eigenvalue weighted by molar-refractivity contribution is -0.131. The summed E-state index contributed by atoms with van der Waals surface area (Å²) >= 11 is 0. The van der Waals surface area contributed by atoms with E-state index in [0.717, 1.165) is 17.7 Å². The summed E-state index contributed by atoms with van der Waals surface area (Å²) in [5, 5.41) is 27.2. The van der Waals surface area contributed by atoms with Crippen LogP contribution in [0.3, 0.4) is 0 Å². The third-order valence-corrected chi connectivity index (χ3v) is 2.38. The quantitative estimate of drug-likeness (QED) is 0.336. The number of allylic oxidation sites excluding steroid dienone is 2. The average Bonchev–Trinajstić information content (AvgIpc) is 2.80. The molecule has 0 amide bonds. The van der Waals surface area contributed by atoms with Gasteiger partial charge < -0.3 is 15.2 Å². The summed E-state index contributed by atoms with van der Waals surface area (Å²) in [6.45, 7) is 0. The first kappa shape index (κ1) is 12.4. The lowest BCUT2D eigenvalue weighted by Gasteiger charge is -1.95. The van der Waals surface area contributed by atoms with Gasteiger partial charge in [-0.15, -0.1) is 0 Å². The van der Waals surface area contributed by atoms with Crippen LogP contribution in [0, 0.1) is 11.3 Å². The number of hydrogen-bond donors (Lipinski definition) is 3. The summed E-state index contributed by atoms with van der Waals surface area (Å²) in [6.07, 6.45) is 1.68. The van der Waals surface area contributed by atoms with Gasteiger partial charge in [0.2, 0.25) is 0 Å². The molecule has 3 N–H and O–H groups in total. The number of aromatic nitrogens is 2. The van der Waals surface area contributed by atoms with Crippen LogP contribution in [0.4, 0.5) is 0 Å². The maximum absolute atomic E-state index is 10.4. The molecule has 94 valence electrons. The molecule has 0 aliphatic carbocycles. The largest absolute Gasteiger partial charge is 0.506 e. The highest BCUT2D eigenvalue weighted by Gasteiger charge is 2.11. The van der Waals surface area contributed by atoms with Crippen molar-refractivity contribution >= 4 is 22.6 Å². The Bertz CT molecular complexity index is 702. The standard InChI is InChI=1S/C13H9N3O3/c14-7-8(11(17)5-6-12(18)19)13-15-9-3-1-2-4-10(9)16-13/h1-6,17H,(H,15,16)(H,18,19)/b6-5+,11-8+. The minimum atomic E-state index is -1.21. The van der Waals surface area contributed by atoms with Gasteiger partial charge in [0.1, 0.15) is 17.4 Å². The minimum absolute atomic E-state index is 0.117. The van der Waals surface area contributed by atoms with Gasteiger partial charge in [-0.3, -0.25) is 0 Å². The molecule has 0 fully saturated rings. The van der Waals surface area contributed by atoms with E-state index in [2.05, 4.69) is 9.97 Å². The predicted octanol–water partition coefficient (Wildman–Crippen LogP) is 2.00. The Labute approximate surface area is 107 Å². The third kappa shape index (κ3) is 2.61. The molecular weight excluding hydrogens is 246 g/mol. The second kappa shape index (κ2) is 5.06. The number of nitrogens with zero attached hydrogens (tertiary/aromatic N) is 2. The Balaban J connectivity index is 2.50. The first-order valence-corrected chi connectivity index (χ1v) is 5.31. The minimum Gasteiger partial charge on any atom is -0.506 e. The Morgan fingerprint density at radius 3 is 2.68 bits per heavy atom. The molecule has 1 aromatic carbocycles. The molecule has 1 heterocycles. The number of aliphatic hydroxyl groups is 1. The number of para-hydroxylation sites is 2. The second-order valence-corrected chi connectivity index (χ2v) is 3.65. The van der Waals surface area contributed by atoms with E-state index < -0.39 is 11.7 Å². The van der Waals surface area contributed by atoms with Gasteiger partial charge in [-0.05, 0) is 18.2 Å². The van der Waals surface area contributed by atoms with Crippen LogP contribution in [0.25, 0.3) is 16.6 Å². The number of nitriles is 1. The van der Waals surface area contributed by atoms with Gasteiger partial charge in [0.25, 0.3) is 0 Å². The van der Waals surface area contributed by atoms with Crippen molar-refractivity contribution in [3.05, 3.63) is 48.0 Å². The van der Waals surface area contributed by atoms with Crippen molar-refractivity contribution in [1.29, 1.82) is 5.26 Å². The van der Waals surface area contributed by atoms with E-state index in [-0.39, 0.29) is 11.4 Å². The normalized spacial score (nSPS) is 12.4. The molecule has 0 aliphatic heterocycles. The van der Waals surface area contributed by atoms with E-state index >= 15 is 0 Å². The first-order valence-electron chi connectivity index (χ1n) is 5.31. The highest BCUT2D eigenvalue weighted by atomic mass is 16.4. The summed E-state index contributed by atoms with van der Waals surface area (Å²) in [5.41, 5.74) is 1.26. The molecule has 6 nitrogen and oxygen atoms in total. The number of nitrogens with one attached hydrogen (secondary N) is 1. The zero-order valence-electron chi connectivity index (χ0n) is 9.66. The SMILES string of the molecule is N#C/C(=C(O)/C=C/C(=O)O)c1nc2ccccc2[nH]1. The number of carboxylic acid groups (broad SMARTS) is 1. The molecule has 0 bridgehead atoms. The fourth-order valence-corrected chi connectivity index (χ4v) is 1.54. The topological polar surface area (TPSA) is 110 Å². The highest BCUT2D eigenvalue weighted by Crippen LogP contribution is 2.18. The fraction of sp³-hybridized carbons (Fsp3) is 0. The van der Waals surface area contributed by atoms with Crippen molar-refractivity contribution in [1.82, 2.24) is 9.97 Å². The third-order valence-electron chi connectivity index (χ3n) is 2.38. The summed E-state index contributed by atoms with van der Waals surface area (Å²) < 4.78 is 0. The van der Waals surface area contributed by atoms with E-state index in [1.54, 1.807) is 24.3 Å². The number of benzene rings is 1. The summed E-state index contributed by atoms with van der Waals surface area (Å²) in [5.74, 6) is -1.48. The number of aliphatic hydroxyl groups excluding tert-OH is 1. The van der Waals surface area contributed by atoms with E-state index in [9.17, 15) is 9.90 Å². The number of hydrogen-bond acceptors (Lipinski definition) is 4. The van der Waals surface area contributed by atoms with Crippen LogP contribution in [0.5, 0.6) is 0 Å². The van der Waals surface area contributed by atoms with E-state index in [4.69, 9.17) is 10.4 Å². The smallest absolute Gasteiger partial charge is 0.328 e. The summed E-state index contributed by atoms with van der Waals surface area (Å²) in [7, 11) is 0. The molecule has 0 spiro atoms. The van der Waals surface area contributed by atoms with E-state index in [0.29, 0.717) is 5.52 Å².